The Balaban J connectivity index is 3.04. The third-order valence-electron chi connectivity index (χ3n) is 2.22. The average Bonchev–Trinajstić information content (AvgIpc) is 2.29. The highest BCUT2D eigenvalue weighted by atomic mass is 32.2. The van der Waals surface area contributed by atoms with Gasteiger partial charge in [0, 0.05) is 0 Å². The maximum atomic E-state index is 13.6. The van der Waals surface area contributed by atoms with E-state index in [0.717, 1.165) is 0 Å². The Labute approximate surface area is 115 Å². The third-order valence-corrected chi connectivity index (χ3v) is 3.50. The molecule has 21 heavy (non-hydrogen) atoms. The van der Waals surface area contributed by atoms with Crippen LogP contribution in [-0.2, 0) is 10.0 Å². The zero-order valence-electron chi connectivity index (χ0n) is 10.0. The summed E-state index contributed by atoms with van der Waals surface area (Å²) in [5.74, 6) is -6.53. The van der Waals surface area contributed by atoms with E-state index in [9.17, 15) is 35.2 Å². The Kier molecular flexibility index (Phi) is 4.76. The van der Waals surface area contributed by atoms with Crippen LogP contribution in [0.4, 0.5) is 27.6 Å². The number of halogens is 5. The number of rotatable bonds is 5. The third kappa shape index (κ3) is 4.85. The Morgan fingerprint density at radius 2 is 1.81 bits per heavy atom. The van der Waals surface area contributed by atoms with Crippen molar-refractivity contribution in [3.05, 3.63) is 29.3 Å². The molecule has 0 aromatic heterocycles. The number of hydrogen-bond donors (Lipinski definition) is 2. The van der Waals surface area contributed by atoms with Gasteiger partial charge in [0.2, 0.25) is 10.0 Å². The van der Waals surface area contributed by atoms with E-state index in [2.05, 4.69) is 0 Å². The van der Waals surface area contributed by atoms with Gasteiger partial charge in [-0.2, -0.15) is 13.2 Å². The van der Waals surface area contributed by atoms with Crippen molar-refractivity contribution < 1.29 is 40.3 Å². The van der Waals surface area contributed by atoms with Gasteiger partial charge in [0.05, 0.1) is 17.9 Å². The standard InChI is InChI=1S/C10H8F5NO4S/c11-5-1-2-6(8(12)7(5)9(17)18)16-21(19,20)4-3-10(13,14)15/h1-2,16H,3-4H2,(H,17,18). The highest BCUT2D eigenvalue weighted by Gasteiger charge is 2.30. The Hall–Kier alpha value is -1.91. The summed E-state index contributed by atoms with van der Waals surface area (Å²) in [6, 6.07) is 1.05. The van der Waals surface area contributed by atoms with E-state index >= 15 is 0 Å². The summed E-state index contributed by atoms with van der Waals surface area (Å²) in [6.07, 6.45) is -6.40. The number of hydrogen-bond acceptors (Lipinski definition) is 3. The summed E-state index contributed by atoms with van der Waals surface area (Å²) in [4.78, 5) is 10.6. The largest absolute Gasteiger partial charge is 0.477 e. The normalized spacial score (nSPS) is 12.2. The quantitative estimate of drug-likeness (QED) is 0.810. The van der Waals surface area contributed by atoms with Gasteiger partial charge < -0.3 is 5.11 Å². The summed E-state index contributed by atoms with van der Waals surface area (Å²) in [5, 5.41) is 8.57. The SMILES string of the molecule is O=C(O)c1c(F)ccc(NS(=O)(=O)CCC(F)(F)F)c1F. The van der Waals surface area contributed by atoms with Crippen LogP contribution in [0.25, 0.3) is 0 Å². The fraction of sp³-hybridized carbons (Fsp3) is 0.300. The minimum Gasteiger partial charge on any atom is -0.477 e. The Morgan fingerprint density at radius 1 is 1.24 bits per heavy atom. The lowest BCUT2D eigenvalue weighted by Crippen LogP contribution is -2.23. The van der Waals surface area contributed by atoms with Crippen molar-refractivity contribution in [3.8, 4) is 0 Å². The van der Waals surface area contributed by atoms with Gasteiger partial charge in [-0.25, -0.2) is 22.0 Å². The summed E-state index contributed by atoms with van der Waals surface area (Å²) in [6.45, 7) is 0. The van der Waals surface area contributed by atoms with Crippen molar-refractivity contribution in [2.45, 2.75) is 12.6 Å². The fourth-order valence-electron chi connectivity index (χ4n) is 1.30. The zero-order valence-corrected chi connectivity index (χ0v) is 10.9. The minimum absolute atomic E-state index is 0.480. The van der Waals surface area contributed by atoms with Gasteiger partial charge >= 0.3 is 12.1 Å². The molecule has 0 aliphatic carbocycles. The number of alkyl halides is 3. The van der Waals surface area contributed by atoms with Crippen molar-refractivity contribution in [2.24, 2.45) is 0 Å². The van der Waals surface area contributed by atoms with Crippen LogP contribution >= 0.6 is 0 Å². The number of nitrogens with one attached hydrogen (secondary N) is 1. The number of carboxylic acids is 1. The van der Waals surface area contributed by atoms with Gasteiger partial charge in [-0.05, 0) is 12.1 Å². The van der Waals surface area contributed by atoms with Crippen LogP contribution in [0.5, 0.6) is 0 Å². The zero-order chi connectivity index (χ0) is 16.4. The lowest BCUT2D eigenvalue weighted by molar-refractivity contribution is -0.129. The highest BCUT2D eigenvalue weighted by Crippen LogP contribution is 2.24. The lowest BCUT2D eigenvalue weighted by Gasteiger charge is -2.11. The van der Waals surface area contributed by atoms with Crippen LogP contribution in [0.1, 0.15) is 16.8 Å². The van der Waals surface area contributed by atoms with E-state index in [1.807, 2.05) is 0 Å². The van der Waals surface area contributed by atoms with Crippen LogP contribution in [0.2, 0.25) is 0 Å². The number of carbonyl (C=O) groups is 1. The van der Waals surface area contributed by atoms with Crippen LogP contribution < -0.4 is 4.72 Å². The van der Waals surface area contributed by atoms with E-state index in [0.29, 0.717) is 12.1 Å². The number of aromatic carboxylic acids is 1. The Bertz CT molecular complexity index is 656. The summed E-state index contributed by atoms with van der Waals surface area (Å²) >= 11 is 0. The first-order chi connectivity index (χ1) is 9.43. The van der Waals surface area contributed by atoms with E-state index in [1.165, 1.54) is 4.72 Å². The molecule has 0 fully saturated rings. The minimum atomic E-state index is -4.73. The number of carboxylic acid groups (broad SMARTS) is 1. The van der Waals surface area contributed by atoms with Crippen LogP contribution in [0, 0.1) is 11.6 Å². The maximum Gasteiger partial charge on any atom is 0.390 e. The van der Waals surface area contributed by atoms with Crippen molar-refractivity contribution in [1.29, 1.82) is 0 Å². The Morgan fingerprint density at radius 3 is 2.29 bits per heavy atom. The fourth-order valence-corrected chi connectivity index (χ4v) is 2.39. The molecule has 0 aliphatic heterocycles. The molecule has 0 saturated carbocycles. The van der Waals surface area contributed by atoms with Crippen LogP contribution in [0.3, 0.4) is 0 Å². The lowest BCUT2D eigenvalue weighted by atomic mass is 10.2. The second-order valence-electron chi connectivity index (χ2n) is 3.88. The van der Waals surface area contributed by atoms with Crippen molar-refractivity contribution in [3.63, 3.8) is 0 Å². The maximum absolute atomic E-state index is 13.6. The molecular formula is C10H8F5NO4S. The molecule has 2 N–H and O–H groups in total. The molecule has 0 amide bonds. The van der Waals surface area contributed by atoms with E-state index < -0.39 is 57.2 Å². The first-order valence-electron chi connectivity index (χ1n) is 5.21. The second kappa shape index (κ2) is 5.84. The molecule has 11 heteroatoms. The second-order valence-corrected chi connectivity index (χ2v) is 5.72. The molecular weight excluding hydrogens is 325 g/mol. The molecule has 0 aliphatic rings. The molecule has 1 aromatic rings. The van der Waals surface area contributed by atoms with Crippen molar-refractivity contribution in [2.75, 3.05) is 10.5 Å². The number of benzene rings is 1. The monoisotopic (exact) mass is 333 g/mol. The summed E-state index contributed by atoms with van der Waals surface area (Å²) < 4.78 is 86.6. The van der Waals surface area contributed by atoms with Gasteiger partial charge in [0.25, 0.3) is 0 Å². The predicted octanol–water partition coefficient (Wildman–Crippen LogP) is 2.36. The first-order valence-corrected chi connectivity index (χ1v) is 6.87. The molecule has 0 atom stereocenters. The predicted molar refractivity (Wildman–Crippen MR) is 61.4 cm³/mol. The molecule has 0 saturated heterocycles. The summed E-state index contributed by atoms with van der Waals surface area (Å²) in [5.41, 5.74) is -2.36. The highest BCUT2D eigenvalue weighted by molar-refractivity contribution is 7.92. The molecule has 0 spiro atoms. The van der Waals surface area contributed by atoms with Crippen molar-refractivity contribution >= 4 is 21.7 Å². The molecule has 0 unspecified atom stereocenters. The summed E-state index contributed by atoms with van der Waals surface area (Å²) in [7, 11) is -4.57. The van der Waals surface area contributed by atoms with E-state index in [-0.39, 0.29) is 0 Å². The van der Waals surface area contributed by atoms with Gasteiger partial charge in [0.15, 0.2) is 5.82 Å². The van der Waals surface area contributed by atoms with E-state index in [4.69, 9.17) is 5.11 Å². The molecule has 5 nitrogen and oxygen atoms in total. The van der Waals surface area contributed by atoms with Crippen LogP contribution in [0.15, 0.2) is 12.1 Å². The van der Waals surface area contributed by atoms with Gasteiger partial charge in [-0.1, -0.05) is 0 Å². The topological polar surface area (TPSA) is 83.5 Å². The molecule has 1 rings (SSSR count). The van der Waals surface area contributed by atoms with E-state index in [1.54, 1.807) is 0 Å². The molecule has 118 valence electrons. The van der Waals surface area contributed by atoms with Gasteiger partial charge in [0.1, 0.15) is 11.4 Å². The van der Waals surface area contributed by atoms with Gasteiger partial charge in [-0.15, -0.1) is 0 Å². The van der Waals surface area contributed by atoms with Gasteiger partial charge in [-0.3, -0.25) is 4.72 Å². The average molecular weight is 333 g/mol. The van der Waals surface area contributed by atoms with Crippen molar-refractivity contribution in [1.82, 2.24) is 0 Å². The van der Waals surface area contributed by atoms with Crippen LogP contribution in [-0.4, -0.2) is 31.4 Å². The first kappa shape index (κ1) is 17.1. The molecule has 0 radical (unpaired) electrons. The molecule has 0 bridgehead atoms. The number of anilines is 1. The molecule has 0 heterocycles. The number of sulfonamides is 1. The molecule has 1 aromatic carbocycles. The smallest absolute Gasteiger partial charge is 0.390 e.